The van der Waals surface area contributed by atoms with Crippen LogP contribution in [-0.4, -0.2) is 62.2 Å². The number of morpholine rings is 1. The van der Waals surface area contributed by atoms with E-state index < -0.39 is 10.0 Å². The average molecular weight is 469 g/mol. The van der Waals surface area contributed by atoms with Crippen molar-refractivity contribution in [3.63, 3.8) is 0 Å². The Kier molecular flexibility index (Phi) is 8.35. The first kappa shape index (κ1) is 23.6. The molecule has 9 nitrogen and oxygen atoms in total. The highest BCUT2D eigenvalue weighted by Crippen LogP contribution is 2.29. The maximum atomic E-state index is 13.1. The third kappa shape index (κ3) is 6.22. The van der Waals surface area contributed by atoms with Gasteiger partial charge in [0.2, 0.25) is 21.1 Å². The van der Waals surface area contributed by atoms with E-state index in [4.69, 9.17) is 9.47 Å². The van der Waals surface area contributed by atoms with Gasteiger partial charge in [-0.2, -0.15) is 4.31 Å². The molecule has 0 saturated carbocycles. The van der Waals surface area contributed by atoms with Gasteiger partial charge in [-0.3, -0.25) is 4.79 Å². The molecule has 0 aliphatic carbocycles. The highest BCUT2D eigenvalue weighted by molar-refractivity contribution is 7.89. The molecular weight excluding hydrogens is 440 g/mol. The van der Waals surface area contributed by atoms with E-state index in [0.29, 0.717) is 23.9 Å². The molecule has 1 amide bonds. The summed E-state index contributed by atoms with van der Waals surface area (Å²) < 4.78 is 38.1. The molecule has 1 aliphatic heterocycles. The molecule has 0 atom stereocenters. The number of ether oxygens (including phenoxy) is 2. The normalized spacial score (nSPS) is 15.0. The van der Waals surface area contributed by atoms with Gasteiger partial charge in [0.05, 0.1) is 26.7 Å². The third-order valence-corrected chi connectivity index (χ3v) is 7.71. The fourth-order valence-electron chi connectivity index (χ4n) is 3.24. The summed E-state index contributed by atoms with van der Waals surface area (Å²) in [5.41, 5.74) is 0.567. The Bertz CT molecular complexity index is 987. The highest BCUT2D eigenvalue weighted by Gasteiger charge is 2.29. The molecule has 11 heteroatoms. The van der Waals surface area contributed by atoms with Crippen molar-refractivity contribution in [2.24, 2.45) is 0 Å². The number of anilines is 1. The summed E-state index contributed by atoms with van der Waals surface area (Å²) in [6.07, 6.45) is 4.18. The summed E-state index contributed by atoms with van der Waals surface area (Å²) in [5, 5.41) is 12.2. The minimum Gasteiger partial charge on any atom is -0.495 e. The Morgan fingerprint density at radius 1 is 1.26 bits per heavy atom. The van der Waals surface area contributed by atoms with Crippen LogP contribution in [0.3, 0.4) is 0 Å². The van der Waals surface area contributed by atoms with Crippen LogP contribution in [0.2, 0.25) is 0 Å². The molecule has 1 N–H and O–H groups in total. The number of amides is 1. The van der Waals surface area contributed by atoms with Crippen LogP contribution in [0.25, 0.3) is 0 Å². The third-order valence-electron chi connectivity index (χ3n) is 4.89. The Hall–Kier alpha value is -2.08. The van der Waals surface area contributed by atoms with Crippen molar-refractivity contribution >= 4 is 32.4 Å². The Morgan fingerprint density at radius 3 is 2.74 bits per heavy atom. The SMILES string of the molecule is CCCCCc1nnc(NC(=O)Cc2ccc(OC)c(S(=O)(=O)N3CCOCC3)c2)s1. The quantitative estimate of drug-likeness (QED) is 0.533. The number of nitrogens with zero attached hydrogens (tertiary/aromatic N) is 3. The number of unbranched alkanes of at least 4 members (excludes halogenated alkanes) is 2. The molecule has 1 fully saturated rings. The number of methoxy groups -OCH3 is 1. The molecule has 1 saturated heterocycles. The van der Waals surface area contributed by atoms with Crippen molar-refractivity contribution in [1.29, 1.82) is 0 Å². The van der Waals surface area contributed by atoms with Gasteiger partial charge in [0.25, 0.3) is 0 Å². The largest absolute Gasteiger partial charge is 0.495 e. The van der Waals surface area contributed by atoms with Crippen LogP contribution in [0.4, 0.5) is 5.13 Å². The zero-order valence-corrected chi connectivity index (χ0v) is 19.4. The first-order valence-corrected chi connectivity index (χ1v) is 12.6. The molecule has 0 radical (unpaired) electrons. The van der Waals surface area contributed by atoms with Crippen molar-refractivity contribution in [3.05, 3.63) is 28.8 Å². The number of aromatic nitrogens is 2. The Balaban J connectivity index is 1.69. The summed E-state index contributed by atoms with van der Waals surface area (Å²) in [5.74, 6) is -0.0346. The molecule has 2 aromatic rings. The second kappa shape index (κ2) is 11.0. The van der Waals surface area contributed by atoms with Crippen LogP contribution in [0.15, 0.2) is 23.1 Å². The van der Waals surface area contributed by atoms with E-state index in [9.17, 15) is 13.2 Å². The van der Waals surface area contributed by atoms with Gasteiger partial charge in [-0.05, 0) is 24.1 Å². The topological polar surface area (TPSA) is 111 Å². The van der Waals surface area contributed by atoms with Crippen molar-refractivity contribution in [3.8, 4) is 5.75 Å². The average Bonchev–Trinajstić information content (AvgIpc) is 3.21. The van der Waals surface area contributed by atoms with Crippen LogP contribution in [0.1, 0.15) is 36.8 Å². The lowest BCUT2D eigenvalue weighted by Gasteiger charge is -2.26. The van der Waals surface area contributed by atoms with Gasteiger partial charge < -0.3 is 14.8 Å². The minimum absolute atomic E-state index is 0.0143. The van der Waals surface area contributed by atoms with E-state index in [1.54, 1.807) is 12.1 Å². The van der Waals surface area contributed by atoms with Crippen LogP contribution >= 0.6 is 11.3 Å². The smallest absolute Gasteiger partial charge is 0.246 e. The Morgan fingerprint density at radius 2 is 2.03 bits per heavy atom. The summed E-state index contributed by atoms with van der Waals surface area (Å²) >= 11 is 1.37. The van der Waals surface area contributed by atoms with Gasteiger partial charge in [0, 0.05) is 19.5 Å². The lowest BCUT2D eigenvalue weighted by Crippen LogP contribution is -2.40. The summed E-state index contributed by atoms with van der Waals surface area (Å²) in [6.45, 7) is 3.42. The molecule has 2 heterocycles. The molecule has 3 rings (SSSR count). The first-order valence-electron chi connectivity index (χ1n) is 10.3. The summed E-state index contributed by atoms with van der Waals surface area (Å²) in [7, 11) is -2.33. The highest BCUT2D eigenvalue weighted by atomic mass is 32.2. The summed E-state index contributed by atoms with van der Waals surface area (Å²) in [4.78, 5) is 12.5. The van der Waals surface area contributed by atoms with Crippen molar-refractivity contribution < 1.29 is 22.7 Å². The van der Waals surface area contributed by atoms with Gasteiger partial charge in [-0.25, -0.2) is 8.42 Å². The lowest BCUT2D eigenvalue weighted by atomic mass is 10.1. The van der Waals surface area contributed by atoms with Gasteiger partial charge in [0.1, 0.15) is 15.7 Å². The fraction of sp³-hybridized carbons (Fsp3) is 0.550. The van der Waals surface area contributed by atoms with Crippen LogP contribution in [0.5, 0.6) is 5.75 Å². The number of hydrogen-bond acceptors (Lipinski definition) is 8. The molecule has 0 unspecified atom stereocenters. The molecule has 31 heavy (non-hydrogen) atoms. The van der Waals surface area contributed by atoms with Gasteiger partial charge >= 0.3 is 0 Å². The maximum absolute atomic E-state index is 13.1. The monoisotopic (exact) mass is 468 g/mol. The van der Waals surface area contributed by atoms with Crippen LogP contribution < -0.4 is 10.1 Å². The number of rotatable bonds is 10. The number of aryl methyl sites for hydroxylation is 1. The van der Waals surface area contributed by atoms with Crippen molar-refractivity contribution in [2.75, 3.05) is 38.7 Å². The fourth-order valence-corrected chi connectivity index (χ4v) is 5.65. The van der Waals surface area contributed by atoms with Crippen LogP contribution in [-0.2, 0) is 32.4 Å². The molecule has 170 valence electrons. The van der Waals surface area contributed by atoms with Crippen molar-refractivity contribution in [2.45, 2.75) is 43.9 Å². The molecule has 0 bridgehead atoms. The van der Waals surface area contributed by atoms with E-state index in [1.807, 2.05) is 0 Å². The zero-order chi connectivity index (χ0) is 22.3. The second-order valence-corrected chi connectivity index (χ2v) is 10.2. The van der Waals surface area contributed by atoms with E-state index in [-0.39, 0.29) is 36.1 Å². The lowest BCUT2D eigenvalue weighted by molar-refractivity contribution is -0.115. The minimum atomic E-state index is -3.75. The number of hydrogen-bond donors (Lipinski definition) is 1. The number of benzene rings is 1. The molecule has 1 aromatic heterocycles. The van der Waals surface area contributed by atoms with E-state index in [1.165, 1.54) is 28.8 Å². The Labute approximate surface area is 186 Å². The maximum Gasteiger partial charge on any atom is 0.246 e. The molecule has 0 spiro atoms. The van der Waals surface area contributed by atoms with Crippen LogP contribution in [0, 0.1) is 0 Å². The first-order chi connectivity index (χ1) is 14.9. The number of sulfonamides is 1. The molecule has 1 aliphatic rings. The number of carbonyl (C=O) groups excluding carboxylic acids is 1. The zero-order valence-electron chi connectivity index (χ0n) is 17.8. The number of carbonyl (C=O) groups is 1. The van der Waals surface area contributed by atoms with Gasteiger partial charge in [0.15, 0.2) is 0 Å². The predicted molar refractivity (Wildman–Crippen MR) is 118 cm³/mol. The van der Waals surface area contributed by atoms with E-state index in [0.717, 1.165) is 30.7 Å². The van der Waals surface area contributed by atoms with Gasteiger partial charge in [-0.15, -0.1) is 10.2 Å². The standard InChI is InChI=1S/C20H28N4O5S2/c1-3-4-5-6-19-22-23-20(30-19)21-18(25)14-15-7-8-16(28-2)17(13-15)31(26,27)24-9-11-29-12-10-24/h7-8,13H,3-6,9-12,14H2,1-2H3,(H,21,23,25). The van der Waals surface area contributed by atoms with E-state index >= 15 is 0 Å². The van der Waals surface area contributed by atoms with Crippen molar-refractivity contribution in [1.82, 2.24) is 14.5 Å². The number of nitrogens with one attached hydrogen (secondary N) is 1. The molecular formula is C20H28N4O5S2. The second-order valence-electron chi connectivity index (χ2n) is 7.18. The predicted octanol–water partition coefficient (Wildman–Crippen LogP) is 2.48. The molecule has 1 aromatic carbocycles. The van der Waals surface area contributed by atoms with E-state index in [2.05, 4.69) is 22.4 Å². The van der Waals surface area contributed by atoms with Gasteiger partial charge in [-0.1, -0.05) is 37.2 Å². The summed E-state index contributed by atoms with van der Waals surface area (Å²) in [6, 6.07) is 4.76.